The smallest absolute Gasteiger partial charge is 0.404 e. The van der Waals surface area contributed by atoms with Crippen LogP contribution in [0.2, 0.25) is 0 Å². The van der Waals surface area contributed by atoms with Crippen molar-refractivity contribution < 1.29 is 14.4 Å². The van der Waals surface area contributed by atoms with Gasteiger partial charge in [0.25, 0.3) is 0 Å². The van der Waals surface area contributed by atoms with Crippen LogP contribution < -0.4 is 5.32 Å². The van der Waals surface area contributed by atoms with Gasteiger partial charge in [-0.05, 0) is 18.4 Å². The van der Waals surface area contributed by atoms with Gasteiger partial charge in [0, 0.05) is 12.6 Å². The lowest BCUT2D eigenvalue weighted by Gasteiger charge is -2.20. The van der Waals surface area contributed by atoms with Crippen molar-refractivity contribution in [3.8, 4) is 0 Å². The van der Waals surface area contributed by atoms with Crippen LogP contribution in [-0.4, -0.2) is 22.7 Å². The molecule has 0 aromatic carbocycles. The Bertz CT molecular complexity index is 362. The van der Waals surface area contributed by atoms with Gasteiger partial charge in [-0.2, -0.15) is 0 Å². The lowest BCUT2D eigenvalue weighted by Crippen LogP contribution is -2.34. The molecular weight excluding hydrogens is 224 g/mol. The molecule has 0 fully saturated rings. The van der Waals surface area contributed by atoms with Crippen molar-refractivity contribution in [3.05, 3.63) is 28.0 Å². The maximum atomic E-state index is 10.4. The molecule has 0 radical (unpaired) electrons. The number of nitrogens with one attached hydrogen (secondary N) is 1. The molecule has 1 aromatic heterocycles. The van der Waals surface area contributed by atoms with Crippen LogP contribution in [-0.2, 0) is 6.54 Å². The highest BCUT2D eigenvalue weighted by Crippen LogP contribution is 2.16. The van der Waals surface area contributed by atoms with E-state index in [9.17, 15) is 10.1 Å². The quantitative estimate of drug-likeness (QED) is 0.561. The molecular formula is C11H18N2O4. The summed E-state index contributed by atoms with van der Waals surface area (Å²) in [7, 11) is 0. The molecule has 0 aliphatic rings. The van der Waals surface area contributed by atoms with Crippen molar-refractivity contribution in [2.24, 2.45) is 5.92 Å². The minimum Gasteiger partial charge on any atom is -0.404 e. The van der Waals surface area contributed by atoms with Crippen LogP contribution in [0.4, 0.5) is 5.88 Å². The molecule has 1 aromatic rings. The van der Waals surface area contributed by atoms with E-state index in [0.717, 1.165) is 0 Å². The highest BCUT2D eigenvalue weighted by Gasteiger charge is 2.15. The zero-order chi connectivity index (χ0) is 12.8. The first kappa shape index (κ1) is 13.7. The van der Waals surface area contributed by atoms with E-state index in [1.165, 1.54) is 6.07 Å². The van der Waals surface area contributed by atoms with Crippen molar-refractivity contribution in [1.29, 1.82) is 0 Å². The molecule has 0 aliphatic carbocycles. The number of nitrogens with zero attached hydrogens (tertiary/aromatic N) is 1. The second-order valence-corrected chi connectivity index (χ2v) is 4.24. The Morgan fingerprint density at radius 1 is 1.53 bits per heavy atom. The number of hydrogen-bond donors (Lipinski definition) is 2. The van der Waals surface area contributed by atoms with E-state index in [-0.39, 0.29) is 18.5 Å². The fourth-order valence-electron chi connectivity index (χ4n) is 1.60. The molecule has 1 rings (SSSR count). The van der Waals surface area contributed by atoms with Crippen LogP contribution in [0.5, 0.6) is 0 Å². The lowest BCUT2D eigenvalue weighted by molar-refractivity contribution is -0.402. The van der Waals surface area contributed by atoms with Crippen molar-refractivity contribution in [2.45, 2.75) is 32.9 Å². The normalized spacial score (nSPS) is 12.9. The molecule has 1 unspecified atom stereocenters. The average molecular weight is 242 g/mol. The number of aliphatic hydroxyl groups excluding tert-OH is 1. The Hall–Kier alpha value is -1.40. The molecule has 0 aliphatic heterocycles. The van der Waals surface area contributed by atoms with Gasteiger partial charge < -0.3 is 14.8 Å². The zero-order valence-corrected chi connectivity index (χ0v) is 10.0. The number of nitro groups is 1. The lowest BCUT2D eigenvalue weighted by atomic mass is 10.0. The Morgan fingerprint density at radius 2 is 2.24 bits per heavy atom. The molecule has 6 heteroatoms. The molecule has 6 nitrogen and oxygen atoms in total. The van der Waals surface area contributed by atoms with Gasteiger partial charge in [-0.15, -0.1) is 0 Å². The third-order valence-corrected chi connectivity index (χ3v) is 2.61. The van der Waals surface area contributed by atoms with Crippen molar-refractivity contribution in [3.63, 3.8) is 0 Å². The second-order valence-electron chi connectivity index (χ2n) is 4.24. The van der Waals surface area contributed by atoms with Crippen LogP contribution in [0.15, 0.2) is 16.5 Å². The zero-order valence-electron chi connectivity index (χ0n) is 10.0. The monoisotopic (exact) mass is 242 g/mol. The summed E-state index contributed by atoms with van der Waals surface area (Å²) in [6, 6.07) is 3.10. The third-order valence-electron chi connectivity index (χ3n) is 2.61. The molecule has 1 heterocycles. The summed E-state index contributed by atoms with van der Waals surface area (Å²) in [6.07, 6.45) is 0.653. The van der Waals surface area contributed by atoms with E-state index < -0.39 is 4.92 Å². The first-order valence-corrected chi connectivity index (χ1v) is 5.62. The summed E-state index contributed by atoms with van der Waals surface area (Å²) < 4.78 is 5.03. The summed E-state index contributed by atoms with van der Waals surface area (Å²) in [5, 5.41) is 22.5. The summed E-state index contributed by atoms with van der Waals surface area (Å²) >= 11 is 0. The van der Waals surface area contributed by atoms with E-state index >= 15 is 0 Å². The standard InChI is InChI=1S/C11H18N2O4/c1-8(2)10(5-6-14)12-7-9-3-4-11(17-9)13(15)16/h3-4,8,10,12,14H,5-7H2,1-2H3. The summed E-state index contributed by atoms with van der Waals surface area (Å²) in [4.78, 5) is 9.86. The molecule has 17 heavy (non-hydrogen) atoms. The van der Waals surface area contributed by atoms with Gasteiger partial charge in [-0.1, -0.05) is 13.8 Å². The van der Waals surface area contributed by atoms with Gasteiger partial charge in [-0.25, -0.2) is 0 Å². The van der Waals surface area contributed by atoms with E-state index in [2.05, 4.69) is 19.2 Å². The second kappa shape index (κ2) is 6.36. The Labute approximate surface area is 99.8 Å². The number of hydrogen-bond acceptors (Lipinski definition) is 5. The molecule has 2 N–H and O–H groups in total. The van der Waals surface area contributed by atoms with Crippen molar-refractivity contribution in [2.75, 3.05) is 6.61 Å². The third kappa shape index (κ3) is 4.16. The Kier molecular flexibility index (Phi) is 5.11. The van der Waals surface area contributed by atoms with Crippen molar-refractivity contribution in [1.82, 2.24) is 5.32 Å². The highest BCUT2D eigenvalue weighted by molar-refractivity contribution is 5.17. The van der Waals surface area contributed by atoms with Crippen LogP contribution in [0.3, 0.4) is 0 Å². The fourth-order valence-corrected chi connectivity index (χ4v) is 1.60. The van der Waals surface area contributed by atoms with Gasteiger partial charge >= 0.3 is 5.88 Å². The van der Waals surface area contributed by atoms with Crippen LogP contribution in [0.1, 0.15) is 26.0 Å². The minimum atomic E-state index is -0.558. The van der Waals surface area contributed by atoms with Crippen LogP contribution in [0.25, 0.3) is 0 Å². The summed E-state index contributed by atoms with van der Waals surface area (Å²) in [6.45, 7) is 4.65. The van der Waals surface area contributed by atoms with E-state index in [1.54, 1.807) is 6.07 Å². The van der Waals surface area contributed by atoms with Crippen molar-refractivity contribution >= 4 is 5.88 Å². The number of furan rings is 1. The van der Waals surface area contributed by atoms with Gasteiger partial charge in [0.2, 0.25) is 0 Å². The molecule has 0 bridgehead atoms. The van der Waals surface area contributed by atoms with E-state index in [4.69, 9.17) is 9.52 Å². The molecule has 0 saturated carbocycles. The van der Waals surface area contributed by atoms with E-state index in [1.807, 2.05) is 0 Å². The van der Waals surface area contributed by atoms with Gasteiger partial charge in [0.1, 0.15) is 10.7 Å². The van der Waals surface area contributed by atoms with Crippen LogP contribution >= 0.6 is 0 Å². The molecule has 96 valence electrons. The predicted molar refractivity (Wildman–Crippen MR) is 62.5 cm³/mol. The Balaban J connectivity index is 2.50. The maximum absolute atomic E-state index is 10.4. The first-order chi connectivity index (χ1) is 8.04. The van der Waals surface area contributed by atoms with Gasteiger partial charge in [0.15, 0.2) is 0 Å². The Morgan fingerprint density at radius 3 is 2.71 bits per heavy atom. The topological polar surface area (TPSA) is 88.5 Å². The summed E-state index contributed by atoms with van der Waals surface area (Å²) in [5.74, 6) is 0.664. The van der Waals surface area contributed by atoms with Gasteiger partial charge in [-0.3, -0.25) is 10.1 Å². The molecule has 1 atom stereocenters. The SMILES string of the molecule is CC(C)C(CCO)NCc1ccc([N+](=O)[O-])o1. The minimum absolute atomic E-state index is 0.119. The van der Waals surface area contributed by atoms with Crippen LogP contribution in [0, 0.1) is 16.0 Å². The fraction of sp³-hybridized carbons (Fsp3) is 0.636. The van der Waals surface area contributed by atoms with Gasteiger partial charge in [0.05, 0.1) is 12.6 Å². The molecule has 0 spiro atoms. The molecule has 0 amide bonds. The highest BCUT2D eigenvalue weighted by atomic mass is 16.6. The molecule has 0 saturated heterocycles. The maximum Gasteiger partial charge on any atom is 0.433 e. The number of rotatable bonds is 7. The largest absolute Gasteiger partial charge is 0.433 e. The predicted octanol–water partition coefficient (Wildman–Crippen LogP) is 1.68. The summed E-state index contributed by atoms with van der Waals surface area (Å²) in [5.41, 5.74) is 0. The first-order valence-electron chi connectivity index (χ1n) is 5.62. The number of aliphatic hydroxyl groups is 1. The van der Waals surface area contributed by atoms with E-state index in [0.29, 0.717) is 24.6 Å². The average Bonchev–Trinajstić information content (AvgIpc) is 2.72.